The Kier molecular flexibility index (Phi) is 5.01. The lowest BCUT2D eigenvalue weighted by Crippen LogP contribution is -2.32. The van der Waals surface area contributed by atoms with E-state index in [2.05, 4.69) is 37.3 Å². The molecule has 2 aromatic heterocycles. The van der Waals surface area contributed by atoms with Crippen LogP contribution >= 0.6 is 28.1 Å². The van der Waals surface area contributed by atoms with E-state index in [4.69, 9.17) is 21.7 Å². The fourth-order valence-corrected chi connectivity index (χ4v) is 4.11. The number of rotatable bonds is 6. The Morgan fingerprint density at radius 3 is 2.68 bits per heavy atom. The number of piperidine rings is 1. The van der Waals surface area contributed by atoms with Crippen molar-refractivity contribution in [3.8, 4) is 0 Å². The van der Waals surface area contributed by atoms with E-state index in [0.717, 1.165) is 40.8 Å². The molecule has 6 nitrogen and oxygen atoms in total. The first kappa shape index (κ1) is 17.3. The summed E-state index contributed by atoms with van der Waals surface area (Å²) in [5, 5.41) is 4.90. The average Bonchev–Trinajstić information content (AvgIpc) is 3.28. The molecule has 25 heavy (non-hydrogen) atoms. The van der Waals surface area contributed by atoms with Crippen LogP contribution in [0.15, 0.2) is 21.2 Å². The van der Waals surface area contributed by atoms with Crippen molar-refractivity contribution >= 4 is 34.1 Å². The molecular formula is C17H24BrN5OS. The molecule has 1 aliphatic carbocycles. The molecule has 2 fully saturated rings. The van der Waals surface area contributed by atoms with Crippen LogP contribution in [0.5, 0.6) is 0 Å². The summed E-state index contributed by atoms with van der Waals surface area (Å²) in [7, 11) is 2.06. The van der Waals surface area contributed by atoms with E-state index in [1.165, 1.54) is 32.1 Å². The number of hydrogen-bond acceptors (Lipinski definition) is 5. The number of hydrogen-bond donors (Lipinski definition) is 0. The molecular weight excluding hydrogens is 402 g/mol. The van der Waals surface area contributed by atoms with E-state index in [0.29, 0.717) is 12.7 Å². The van der Waals surface area contributed by atoms with Crippen molar-refractivity contribution in [2.24, 2.45) is 0 Å². The van der Waals surface area contributed by atoms with Gasteiger partial charge in [-0.2, -0.15) is 0 Å². The third kappa shape index (κ3) is 3.85. The van der Waals surface area contributed by atoms with Crippen molar-refractivity contribution in [1.29, 1.82) is 0 Å². The maximum absolute atomic E-state index is 5.76. The second-order valence-corrected chi connectivity index (χ2v) is 8.24. The summed E-state index contributed by atoms with van der Waals surface area (Å²) >= 11 is 9.12. The first-order valence-electron chi connectivity index (χ1n) is 8.99. The second kappa shape index (κ2) is 7.25. The van der Waals surface area contributed by atoms with Crippen LogP contribution in [0.3, 0.4) is 0 Å². The van der Waals surface area contributed by atoms with Gasteiger partial charge < -0.3 is 9.32 Å². The third-order valence-corrected chi connectivity index (χ3v) is 5.67. The Morgan fingerprint density at radius 2 is 2.04 bits per heavy atom. The number of anilines is 1. The van der Waals surface area contributed by atoms with Crippen molar-refractivity contribution in [2.45, 2.75) is 51.4 Å². The SMILES string of the molecule is CN(Cc1ccc(Br)o1)Cn1nc(N2CCCCC2)n(C2CC2)c1=S. The molecule has 136 valence electrons. The summed E-state index contributed by atoms with van der Waals surface area (Å²) in [5.74, 6) is 2.00. The molecule has 0 bridgehead atoms. The lowest BCUT2D eigenvalue weighted by Gasteiger charge is -2.27. The normalized spacial score (nSPS) is 18.3. The van der Waals surface area contributed by atoms with Crippen LogP contribution < -0.4 is 4.90 Å². The largest absolute Gasteiger partial charge is 0.453 e. The van der Waals surface area contributed by atoms with Gasteiger partial charge in [0.25, 0.3) is 0 Å². The van der Waals surface area contributed by atoms with Gasteiger partial charge in [0.15, 0.2) is 4.67 Å². The Bertz CT molecular complexity index is 787. The molecule has 0 aromatic carbocycles. The van der Waals surface area contributed by atoms with Gasteiger partial charge in [-0.15, -0.1) is 5.10 Å². The van der Waals surface area contributed by atoms with Crippen LogP contribution in [-0.2, 0) is 13.2 Å². The fourth-order valence-electron chi connectivity index (χ4n) is 3.44. The number of nitrogens with zero attached hydrogens (tertiary/aromatic N) is 5. The molecule has 0 radical (unpaired) electrons. The number of furan rings is 1. The molecule has 4 rings (SSSR count). The van der Waals surface area contributed by atoms with Crippen LogP contribution in [0.2, 0.25) is 0 Å². The molecule has 1 saturated carbocycles. The van der Waals surface area contributed by atoms with Gasteiger partial charge in [-0.3, -0.25) is 9.47 Å². The quantitative estimate of drug-likeness (QED) is 0.649. The van der Waals surface area contributed by atoms with Crippen LogP contribution in [0.25, 0.3) is 0 Å². The fraction of sp³-hybridized carbons (Fsp3) is 0.647. The lowest BCUT2D eigenvalue weighted by atomic mass is 10.1. The highest BCUT2D eigenvalue weighted by Gasteiger charge is 2.31. The zero-order valence-corrected chi connectivity index (χ0v) is 16.9. The molecule has 3 heterocycles. The molecule has 0 spiro atoms. The Labute approximate surface area is 161 Å². The first-order valence-corrected chi connectivity index (χ1v) is 10.2. The lowest BCUT2D eigenvalue weighted by molar-refractivity contribution is 0.224. The highest BCUT2D eigenvalue weighted by Crippen LogP contribution is 2.38. The zero-order chi connectivity index (χ0) is 17.4. The highest BCUT2D eigenvalue weighted by molar-refractivity contribution is 9.10. The second-order valence-electron chi connectivity index (χ2n) is 7.09. The van der Waals surface area contributed by atoms with E-state index in [-0.39, 0.29) is 0 Å². The van der Waals surface area contributed by atoms with E-state index in [1.807, 2.05) is 16.8 Å². The van der Waals surface area contributed by atoms with E-state index >= 15 is 0 Å². The number of halogens is 1. The average molecular weight is 426 g/mol. The van der Waals surface area contributed by atoms with Gasteiger partial charge in [0.1, 0.15) is 5.76 Å². The summed E-state index contributed by atoms with van der Waals surface area (Å²) in [6.07, 6.45) is 6.26. The maximum atomic E-state index is 5.76. The summed E-state index contributed by atoms with van der Waals surface area (Å²) in [4.78, 5) is 4.59. The van der Waals surface area contributed by atoms with Crippen molar-refractivity contribution in [3.05, 3.63) is 27.3 Å². The molecule has 0 amide bonds. The van der Waals surface area contributed by atoms with E-state index < -0.39 is 0 Å². The number of aromatic nitrogens is 3. The Balaban J connectivity index is 1.53. The minimum Gasteiger partial charge on any atom is -0.453 e. The monoisotopic (exact) mass is 425 g/mol. The standard InChI is InChI=1S/C17H24BrN5OS/c1-20(11-14-7-8-15(18)24-14)12-22-17(25)23(13-5-6-13)16(19-22)21-9-3-2-4-10-21/h7-8,13H,2-6,9-12H2,1H3. The predicted molar refractivity (Wildman–Crippen MR) is 103 cm³/mol. The Morgan fingerprint density at radius 1 is 1.28 bits per heavy atom. The summed E-state index contributed by atoms with van der Waals surface area (Å²) in [6, 6.07) is 4.46. The Hall–Kier alpha value is -1.12. The van der Waals surface area contributed by atoms with Crippen LogP contribution in [0.4, 0.5) is 5.95 Å². The molecule has 0 unspecified atom stereocenters. The van der Waals surface area contributed by atoms with Gasteiger partial charge in [-0.05, 0) is 79.4 Å². The van der Waals surface area contributed by atoms with Gasteiger partial charge >= 0.3 is 0 Å². The summed E-state index contributed by atoms with van der Waals surface area (Å²) in [5.41, 5.74) is 0. The minimum absolute atomic E-state index is 0.546. The molecule has 0 N–H and O–H groups in total. The molecule has 1 aliphatic heterocycles. The summed E-state index contributed by atoms with van der Waals surface area (Å²) in [6.45, 7) is 3.57. The highest BCUT2D eigenvalue weighted by atomic mass is 79.9. The molecule has 2 aliphatic rings. The smallest absolute Gasteiger partial charge is 0.226 e. The first-order chi connectivity index (χ1) is 12.1. The molecule has 1 saturated heterocycles. The van der Waals surface area contributed by atoms with Crippen molar-refractivity contribution in [3.63, 3.8) is 0 Å². The van der Waals surface area contributed by atoms with Gasteiger partial charge in [-0.25, -0.2) is 4.68 Å². The minimum atomic E-state index is 0.546. The molecule has 2 aromatic rings. The van der Waals surface area contributed by atoms with Crippen molar-refractivity contribution in [1.82, 2.24) is 19.2 Å². The molecule has 8 heteroatoms. The zero-order valence-electron chi connectivity index (χ0n) is 14.5. The summed E-state index contributed by atoms with van der Waals surface area (Å²) < 4.78 is 11.5. The van der Waals surface area contributed by atoms with Crippen LogP contribution in [-0.4, -0.2) is 39.4 Å². The van der Waals surface area contributed by atoms with Gasteiger partial charge in [-0.1, -0.05) is 0 Å². The van der Waals surface area contributed by atoms with E-state index in [9.17, 15) is 0 Å². The molecule has 0 atom stereocenters. The predicted octanol–water partition coefficient (Wildman–Crippen LogP) is 4.18. The van der Waals surface area contributed by atoms with Crippen LogP contribution in [0.1, 0.15) is 43.9 Å². The van der Waals surface area contributed by atoms with E-state index in [1.54, 1.807) is 0 Å². The van der Waals surface area contributed by atoms with Crippen molar-refractivity contribution < 1.29 is 4.42 Å². The topological polar surface area (TPSA) is 42.4 Å². The third-order valence-electron chi connectivity index (χ3n) is 4.83. The van der Waals surface area contributed by atoms with Crippen molar-refractivity contribution in [2.75, 3.05) is 25.0 Å². The van der Waals surface area contributed by atoms with Crippen LogP contribution in [0, 0.1) is 4.77 Å². The maximum Gasteiger partial charge on any atom is 0.226 e. The van der Waals surface area contributed by atoms with Gasteiger partial charge in [0.05, 0.1) is 13.2 Å². The van der Waals surface area contributed by atoms with Gasteiger partial charge in [0.2, 0.25) is 10.7 Å². The van der Waals surface area contributed by atoms with Gasteiger partial charge in [0, 0.05) is 19.1 Å².